The summed E-state index contributed by atoms with van der Waals surface area (Å²) in [5.41, 5.74) is 2.51. The van der Waals surface area contributed by atoms with Crippen molar-refractivity contribution in [2.45, 2.75) is 25.7 Å². The number of aromatic nitrogens is 2. The number of rotatable bonds is 5. The second-order valence-electron chi connectivity index (χ2n) is 5.55. The monoisotopic (exact) mass is 307 g/mol. The molecule has 1 aliphatic carbocycles. The molecule has 7 heteroatoms. The van der Waals surface area contributed by atoms with Crippen molar-refractivity contribution in [3.63, 3.8) is 0 Å². The molecule has 2 aromatic rings. The number of hydrogen-bond acceptors (Lipinski definition) is 7. The minimum absolute atomic E-state index is 0.277. The number of aliphatic hydroxyl groups excluding tert-OH is 1. The molecule has 2 atom stereocenters. The maximum atomic E-state index is 9.50. The van der Waals surface area contributed by atoms with E-state index in [9.17, 15) is 5.11 Å². The second-order valence-corrected chi connectivity index (χ2v) is 6.44. The molecule has 5 N–H and O–H groups in total. The number of thiophene rings is 1. The summed E-state index contributed by atoms with van der Waals surface area (Å²) in [7, 11) is 0. The Labute approximate surface area is 127 Å². The van der Waals surface area contributed by atoms with Gasteiger partial charge in [0.15, 0.2) is 0 Å². The topological polar surface area (TPSA) is 96.1 Å². The van der Waals surface area contributed by atoms with Gasteiger partial charge < -0.3 is 10.4 Å². The highest BCUT2D eigenvalue weighted by Gasteiger charge is 2.24. The fourth-order valence-electron chi connectivity index (χ4n) is 3.08. The first-order chi connectivity index (χ1) is 10.3. The van der Waals surface area contributed by atoms with Crippen molar-refractivity contribution >= 4 is 33.3 Å². The lowest BCUT2D eigenvalue weighted by Crippen LogP contribution is -2.29. The summed E-state index contributed by atoms with van der Waals surface area (Å²) in [6.45, 7) is 1.11. The van der Waals surface area contributed by atoms with Gasteiger partial charge in [0.25, 0.3) is 0 Å². The summed E-state index contributed by atoms with van der Waals surface area (Å²) in [4.78, 5) is 9.66. The predicted octanol–water partition coefficient (Wildman–Crippen LogP) is 2.19. The van der Waals surface area contributed by atoms with Crippen LogP contribution in [-0.4, -0.2) is 28.2 Å². The van der Waals surface area contributed by atoms with Crippen molar-refractivity contribution in [3.8, 4) is 0 Å². The number of nitrogen functional groups attached to an aromatic ring is 1. The molecule has 0 radical (unpaired) electrons. The molecule has 2 heterocycles. The van der Waals surface area contributed by atoms with Crippen molar-refractivity contribution in [3.05, 3.63) is 11.4 Å². The summed E-state index contributed by atoms with van der Waals surface area (Å²) in [6.07, 6.45) is 4.76. The van der Waals surface area contributed by atoms with Crippen LogP contribution in [0.15, 0.2) is 11.4 Å². The zero-order valence-corrected chi connectivity index (χ0v) is 12.7. The van der Waals surface area contributed by atoms with E-state index in [0.717, 1.165) is 35.4 Å². The highest BCUT2D eigenvalue weighted by atomic mass is 32.1. The van der Waals surface area contributed by atoms with Gasteiger partial charge in [0.2, 0.25) is 5.95 Å². The normalized spacial score (nSPS) is 22.4. The smallest absolute Gasteiger partial charge is 0.240 e. The van der Waals surface area contributed by atoms with Gasteiger partial charge >= 0.3 is 0 Å². The van der Waals surface area contributed by atoms with Crippen LogP contribution in [0.5, 0.6) is 0 Å². The molecule has 1 aliphatic rings. The molecule has 0 bridgehead atoms. The molecule has 3 rings (SSSR count). The molecule has 1 fully saturated rings. The van der Waals surface area contributed by atoms with Crippen LogP contribution in [0.3, 0.4) is 0 Å². The highest BCUT2D eigenvalue weighted by Crippen LogP contribution is 2.31. The summed E-state index contributed by atoms with van der Waals surface area (Å²) < 4.78 is 0. The zero-order valence-electron chi connectivity index (χ0n) is 11.9. The van der Waals surface area contributed by atoms with Gasteiger partial charge in [0.1, 0.15) is 10.6 Å². The van der Waals surface area contributed by atoms with E-state index < -0.39 is 0 Å². The summed E-state index contributed by atoms with van der Waals surface area (Å²) >= 11 is 1.57. The summed E-state index contributed by atoms with van der Waals surface area (Å²) in [5, 5.41) is 16.0. The predicted molar refractivity (Wildman–Crippen MR) is 86.2 cm³/mol. The van der Waals surface area contributed by atoms with Crippen molar-refractivity contribution < 1.29 is 5.11 Å². The van der Waals surface area contributed by atoms with E-state index in [1.54, 1.807) is 11.3 Å². The van der Waals surface area contributed by atoms with Crippen LogP contribution >= 0.6 is 11.3 Å². The Morgan fingerprint density at radius 2 is 2.10 bits per heavy atom. The van der Waals surface area contributed by atoms with E-state index in [2.05, 4.69) is 20.7 Å². The maximum Gasteiger partial charge on any atom is 0.240 e. The Balaban J connectivity index is 1.76. The molecule has 0 amide bonds. The molecular weight excluding hydrogens is 286 g/mol. The fourth-order valence-corrected chi connectivity index (χ4v) is 3.84. The molecule has 1 saturated carbocycles. The number of nitrogens with two attached hydrogens (primary N) is 1. The van der Waals surface area contributed by atoms with Crippen LogP contribution in [0.4, 0.5) is 11.8 Å². The third-order valence-corrected chi connectivity index (χ3v) is 5.09. The number of hydrazine groups is 1. The van der Waals surface area contributed by atoms with Crippen LogP contribution in [0.2, 0.25) is 0 Å². The van der Waals surface area contributed by atoms with Crippen LogP contribution in [-0.2, 0) is 0 Å². The van der Waals surface area contributed by atoms with Gasteiger partial charge in [-0.2, -0.15) is 4.98 Å². The average Bonchev–Trinajstić information content (AvgIpc) is 3.01. The molecular formula is C14H21N5OS. The first-order valence-corrected chi connectivity index (χ1v) is 8.26. The van der Waals surface area contributed by atoms with Crippen molar-refractivity contribution in [1.82, 2.24) is 9.97 Å². The fraction of sp³-hybridized carbons (Fsp3) is 0.571. The number of fused-ring (bicyclic) bond motifs is 1. The zero-order chi connectivity index (χ0) is 14.7. The SMILES string of the molecule is NNc1nc(NCC2CCCCC2CO)c2ccsc2n1. The van der Waals surface area contributed by atoms with E-state index in [1.807, 2.05) is 11.4 Å². The molecule has 0 spiro atoms. The largest absolute Gasteiger partial charge is 0.396 e. The second kappa shape index (κ2) is 6.55. The minimum Gasteiger partial charge on any atom is -0.396 e. The number of anilines is 2. The molecule has 0 aromatic carbocycles. The molecule has 2 aromatic heterocycles. The first kappa shape index (κ1) is 14.5. The summed E-state index contributed by atoms with van der Waals surface area (Å²) in [5.74, 6) is 7.57. The van der Waals surface area contributed by atoms with E-state index in [1.165, 1.54) is 12.8 Å². The quantitative estimate of drug-likeness (QED) is 0.499. The minimum atomic E-state index is 0.277. The van der Waals surface area contributed by atoms with Gasteiger partial charge in [-0.1, -0.05) is 12.8 Å². The third kappa shape index (κ3) is 3.09. The lowest BCUT2D eigenvalue weighted by Gasteiger charge is -2.30. The van der Waals surface area contributed by atoms with Crippen molar-refractivity contribution in [2.75, 3.05) is 23.9 Å². The first-order valence-electron chi connectivity index (χ1n) is 7.38. The molecule has 6 nitrogen and oxygen atoms in total. The lowest BCUT2D eigenvalue weighted by molar-refractivity contribution is 0.141. The van der Waals surface area contributed by atoms with Crippen LogP contribution < -0.4 is 16.6 Å². The summed E-state index contributed by atoms with van der Waals surface area (Å²) in [6, 6.07) is 2.02. The molecule has 114 valence electrons. The van der Waals surface area contributed by atoms with E-state index in [0.29, 0.717) is 17.8 Å². The van der Waals surface area contributed by atoms with Gasteiger partial charge in [-0.15, -0.1) is 11.3 Å². The Morgan fingerprint density at radius 1 is 1.29 bits per heavy atom. The van der Waals surface area contributed by atoms with E-state index in [-0.39, 0.29) is 6.61 Å². The number of hydrogen-bond donors (Lipinski definition) is 4. The Hall–Kier alpha value is -1.44. The van der Waals surface area contributed by atoms with Gasteiger partial charge in [-0.05, 0) is 36.1 Å². The van der Waals surface area contributed by atoms with Gasteiger partial charge in [-0.3, -0.25) is 5.43 Å². The number of aliphatic hydroxyl groups is 1. The Kier molecular flexibility index (Phi) is 4.52. The van der Waals surface area contributed by atoms with Crippen LogP contribution in [0.25, 0.3) is 10.2 Å². The third-order valence-electron chi connectivity index (χ3n) is 4.29. The van der Waals surface area contributed by atoms with Crippen molar-refractivity contribution in [1.29, 1.82) is 0 Å². The maximum absolute atomic E-state index is 9.50. The van der Waals surface area contributed by atoms with Crippen LogP contribution in [0.1, 0.15) is 25.7 Å². The average molecular weight is 307 g/mol. The molecule has 2 unspecified atom stereocenters. The van der Waals surface area contributed by atoms with Crippen LogP contribution in [0, 0.1) is 11.8 Å². The lowest BCUT2D eigenvalue weighted by atomic mass is 9.79. The molecule has 0 aliphatic heterocycles. The van der Waals surface area contributed by atoms with Crippen molar-refractivity contribution in [2.24, 2.45) is 17.7 Å². The van der Waals surface area contributed by atoms with Gasteiger partial charge in [-0.25, -0.2) is 10.8 Å². The molecule has 0 saturated heterocycles. The van der Waals surface area contributed by atoms with Gasteiger partial charge in [0.05, 0.1) is 5.39 Å². The highest BCUT2D eigenvalue weighted by molar-refractivity contribution is 7.16. The van der Waals surface area contributed by atoms with E-state index >= 15 is 0 Å². The van der Waals surface area contributed by atoms with Gasteiger partial charge in [0, 0.05) is 13.2 Å². The standard InChI is InChI=1S/C14H21N5OS/c15-19-14-17-12(11-5-6-21-13(11)18-14)16-7-9-3-1-2-4-10(9)8-20/h5-6,9-10,20H,1-4,7-8,15H2,(H2,16,17,18,19). The Morgan fingerprint density at radius 3 is 2.86 bits per heavy atom. The molecule has 21 heavy (non-hydrogen) atoms. The van der Waals surface area contributed by atoms with E-state index in [4.69, 9.17) is 5.84 Å². The number of nitrogens with zero attached hydrogens (tertiary/aromatic N) is 2. The number of nitrogens with one attached hydrogen (secondary N) is 2. The Bertz CT molecular complexity index is 602.